The Labute approximate surface area is 209 Å². The molecule has 2 aromatic heterocycles. The van der Waals surface area contributed by atoms with Gasteiger partial charge in [0.2, 0.25) is 0 Å². The third-order valence-electron chi connectivity index (χ3n) is 5.61. The van der Waals surface area contributed by atoms with Crippen LogP contribution in [0.1, 0.15) is 23.4 Å². The molecule has 4 rings (SSSR count). The first-order valence-corrected chi connectivity index (χ1v) is 11.4. The van der Waals surface area contributed by atoms with Gasteiger partial charge < -0.3 is 19.2 Å². The molecule has 0 aliphatic carbocycles. The van der Waals surface area contributed by atoms with Crippen LogP contribution in [0, 0.1) is 6.92 Å². The summed E-state index contributed by atoms with van der Waals surface area (Å²) in [4.78, 5) is 33.3. The van der Waals surface area contributed by atoms with Crippen molar-refractivity contribution in [3.63, 3.8) is 0 Å². The van der Waals surface area contributed by atoms with Gasteiger partial charge in [0.25, 0.3) is 5.56 Å². The van der Waals surface area contributed by atoms with Crippen molar-refractivity contribution in [2.45, 2.75) is 32.7 Å². The number of imidazole rings is 1. The van der Waals surface area contributed by atoms with E-state index in [1.165, 1.54) is 16.7 Å². The van der Waals surface area contributed by atoms with E-state index in [2.05, 4.69) is 14.7 Å². The van der Waals surface area contributed by atoms with Gasteiger partial charge in [0, 0.05) is 19.5 Å². The molecule has 0 aliphatic heterocycles. The molecule has 2 heterocycles. The maximum Gasteiger partial charge on any atom is 0.573 e. The average Bonchev–Trinajstić information content (AvgIpc) is 3.27. The van der Waals surface area contributed by atoms with Gasteiger partial charge in [-0.15, -0.1) is 13.2 Å². The first-order chi connectivity index (χ1) is 17.5. The minimum absolute atomic E-state index is 0.0875. The number of H-pyrrole nitrogens is 1. The predicted molar refractivity (Wildman–Crippen MR) is 129 cm³/mol. The number of hydrogen-bond acceptors (Lipinski definition) is 6. The monoisotopic (exact) mass is 518 g/mol. The zero-order valence-corrected chi connectivity index (χ0v) is 20.4. The Morgan fingerprint density at radius 2 is 1.73 bits per heavy atom. The molecule has 0 amide bonds. The van der Waals surface area contributed by atoms with Crippen LogP contribution in [-0.4, -0.2) is 39.2 Å². The molecule has 1 N–H and O–H groups in total. The van der Waals surface area contributed by atoms with Gasteiger partial charge in [-0.25, -0.2) is 9.78 Å². The summed E-state index contributed by atoms with van der Waals surface area (Å²) in [5.74, 6) is 1.04. The highest BCUT2D eigenvalue weighted by molar-refractivity contribution is 5.69. The molecule has 0 bridgehead atoms. The van der Waals surface area contributed by atoms with Crippen molar-refractivity contribution in [3.8, 4) is 17.2 Å². The zero-order valence-electron chi connectivity index (χ0n) is 20.4. The van der Waals surface area contributed by atoms with E-state index in [0.717, 1.165) is 10.1 Å². The van der Waals surface area contributed by atoms with Crippen LogP contribution in [0.4, 0.5) is 13.2 Å². The molecule has 0 saturated carbocycles. The number of halogens is 3. The molecule has 0 saturated heterocycles. The van der Waals surface area contributed by atoms with Crippen molar-refractivity contribution >= 4 is 11.2 Å². The molecule has 12 heteroatoms. The highest BCUT2D eigenvalue weighted by atomic mass is 19.4. The topological polar surface area (TPSA) is 100 Å². The van der Waals surface area contributed by atoms with Crippen molar-refractivity contribution < 1.29 is 27.4 Å². The zero-order chi connectivity index (χ0) is 26.7. The van der Waals surface area contributed by atoms with Crippen molar-refractivity contribution in [1.82, 2.24) is 19.1 Å². The molecule has 196 valence electrons. The van der Waals surface area contributed by atoms with E-state index >= 15 is 0 Å². The molecule has 0 fully saturated rings. The largest absolute Gasteiger partial charge is 0.573 e. The van der Waals surface area contributed by atoms with E-state index in [-0.39, 0.29) is 35.8 Å². The summed E-state index contributed by atoms with van der Waals surface area (Å²) in [6.07, 6.45) is -3.95. The number of alkyl halides is 3. The third kappa shape index (κ3) is 6.13. The van der Waals surface area contributed by atoms with Crippen LogP contribution < -0.4 is 25.5 Å². The van der Waals surface area contributed by atoms with Crippen LogP contribution >= 0.6 is 0 Å². The lowest BCUT2D eigenvalue weighted by Gasteiger charge is -2.12. The Kier molecular flexibility index (Phi) is 7.28. The van der Waals surface area contributed by atoms with Crippen LogP contribution in [0.25, 0.3) is 11.2 Å². The highest BCUT2D eigenvalue weighted by Gasteiger charge is 2.31. The van der Waals surface area contributed by atoms with Gasteiger partial charge in [-0.3, -0.25) is 13.9 Å². The number of methoxy groups -OCH3 is 1. The Morgan fingerprint density at radius 3 is 2.41 bits per heavy atom. The molecule has 0 unspecified atom stereocenters. The second kappa shape index (κ2) is 10.4. The molecule has 0 atom stereocenters. The Morgan fingerprint density at radius 1 is 1.03 bits per heavy atom. The summed E-state index contributed by atoms with van der Waals surface area (Å²) < 4.78 is 54.7. The maximum atomic E-state index is 13.1. The second-order valence-electron chi connectivity index (χ2n) is 8.44. The first-order valence-electron chi connectivity index (χ1n) is 11.4. The second-order valence-corrected chi connectivity index (χ2v) is 8.44. The molecule has 0 radical (unpaired) electrons. The quantitative estimate of drug-likeness (QED) is 0.339. The summed E-state index contributed by atoms with van der Waals surface area (Å²) in [6, 6.07) is 11.1. The number of hydrogen-bond donors (Lipinski definition) is 1. The third-order valence-corrected chi connectivity index (χ3v) is 5.61. The molecular formula is C25H25F3N4O5. The molecule has 0 aliphatic rings. The Bertz CT molecular complexity index is 1520. The minimum Gasteiger partial charge on any atom is -0.497 e. The van der Waals surface area contributed by atoms with Gasteiger partial charge in [0.15, 0.2) is 5.65 Å². The molecule has 9 nitrogen and oxygen atoms in total. The smallest absolute Gasteiger partial charge is 0.497 e. The average molecular weight is 518 g/mol. The Balaban J connectivity index is 1.45. The number of rotatable bonds is 9. The van der Waals surface area contributed by atoms with Gasteiger partial charge in [-0.1, -0.05) is 12.1 Å². The summed E-state index contributed by atoms with van der Waals surface area (Å²) in [6.45, 7) is 1.91. The Hall–Kier alpha value is -4.22. The molecule has 0 spiro atoms. The van der Waals surface area contributed by atoms with E-state index in [4.69, 9.17) is 9.47 Å². The van der Waals surface area contributed by atoms with Gasteiger partial charge in [0.1, 0.15) is 28.6 Å². The van der Waals surface area contributed by atoms with E-state index in [1.54, 1.807) is 51.4 Å². The summed E-state index contributed by atoms with van der Waals surface area (Å²) >= 11 is 0. The van der Waals surface area contributed by atoms with Crippen LogP contribution in [-0.2, 0) is 20.0 Å². The van der Waals surface area contributed by atoms with Gasteiger partial charge in [0.05, 0.1) is 20.3 Å². The lowest BCUT2D eigenvalue weighted by Crippen LogP contribution is -2.39. The van der Waals surface area contributed by atoms with Crippen molar-refractivity contribution in [3.05, 3.63) is 80.3 Å². The lowest BCUT2D eigenvalue weighted by atomic mass is 10.2. The van der Waals surface area contributed by atoms with Crippen molar-refractivity contribution in [2.75, 3.05) is 13.7 Å². The number of fused-ring (bicyclic) bond motifs is 1. The van der Waals surface area contributed by atoms with Crippen LogP contribution in [0.2, 0.25) is 0 Å². The standard InChI is InChI=1S/C25H25F3N4O5/c1-15-11-18(13-19(12-15)37-25(26,27)28)36-10-4-5-20-29-21-22(30-20)31(2)24(34)32(23(21)33)14-16-6-8-17(35-3)9-7-16/h6-9,11-13H,4-5,10,14H2,1-3H3,(H,29,30). The molecule has 37 heavy (non-hydrogen) atoms. The van der Waals surface area contributed by atoms with Crippen molar-refractivity contribution in [1.29, 1.82) is 0 Å². The number of nitrogens with zero attached hydrogens (tertiary/aromatic N) is 3. The molecular weight excluding hydrogens is 493 g/mol. The minimum atomic E-state index is -4.79. The summed E-state index contributed by atoms with van der Waals surface area (Å²) in [7, 11) is 3.10. The van der Waals surface area contributed by atoms with E-state index in [1.807, 2.05) is 0 Å². The SMILES string of the molecule is COc1ccc(Cn2c(=O)c3[nH]c(CCCOc4cc(C)cc(OC(F)(F)F)c4)nc3n(C)c2=O)cc1. The van der Waals surface area contributed by atoms with Crippen molar-refractivity contribution in [2.24, 2.45) is 7.05 Å². The predicted octanol–water partition coefficient (Wildman–Crippen LogP) is 3.70. The molecule has 2 aromatic carbocycles. The van der Waals surface area contributed by atoms with Gasteiger partial charge >= 0.3 is 12.1 Å². The number of aromatic amines is 1. The lowest BCUT2D eigenvalue weighted by molar-refractivity contribution is -0.274. The number of nitrogens with one attached hydrogen (secondary N) is 1. The number of benzene rings is 2. The van der Waals surface area contributed by atoms with Crippen LogP contribution in [0.5, 0.6) is 17.2 Å². The van der Waals surface area contributed by atoms with Crippen LogP contribution in [0.3, 0.4) is 0 Å². The summed E-state index contributed by atoms with van der Waals surface area (Å²) in [5.41, 5.74) is 0.785. The number of aryl methyl sites for hydroxylation is 3. The van der Waals surface area contributed by atoms with Gasteiger partial charge in [-0.05, 0) is 48.7 Å². The maximum absolute atomic E-state index is 13.1. The normalized spacial score (nSPS) is 11.6. The fraction of sp³-hybridized carbons (Fsp3) is 0.320. The fourth-order valence-electron chi connectivity index (χ4n) is 3.89. The van der Waals surface area contributed by atoms with E-state index in [0.29, 0.717) is 30.0 Å². The first kappa shape index (κ1) is 25.9. The number of aromatic nitrogens is 4. The van der Waals surface area contributed by atoms with E-state index < -0.39 is 17.6 Å². The summed E-state index contributed by atoms with van der Waals surface area (Å²) in [5, 5.41) is 0. The highest BCUT2D eigenvalue weighted by Crippen LogP contribution is 2.28. The van der Waals surface area contributed by atoms with Gasteiger partial charge in [-0.2, -0.15) is 0 Å². The molecule has 4 aromatic rings. The fourth-order valence-corrected chi connectivity index (χ4v) is 3.89. The van der Waals surface area contributed by atoms with Crippen LogP contribution in [0.15, 0.2) is 52.1 Å². The van der Waals surface area contributed by atoms with E-state index in [9.17, 15) is 22.8 Å². The number of ether oxygens (including phenoxy) is 3.